The van der Waals surface area contributed by atoms with Crippen LogP contribution in [0.1, 0.15) is 52.4 Å². The molecule has 2 atom stereocenters. The number of hydrogen-bond donors (Lipinski definition) is 0. The van der Waals surface area contributed by atoms with Gasteiger partial charge in [-0.3, -0.25) is 9.80 Å². The second-order valence-corrected chi connectivity index (χ2v) is 5.96. The lowest BCUT2D eigenvalue weighted by atomic mass is 9.86. The van der Waals surface area contributed by atoms with Crippen molar-refractivity contribution in [2.45, 2.75) is 64.0 Å². The maximum atomic E-state index is 2.74. The minimum Gasteiger partial charge on any atom is -0.299 e. The summed E-state index contributed by atoms with van der Waals surface area (Å²) in [7, 11) is 2.33. The van der Waals surface area contributed by atoms with E-state index in [1.54, 1.807) is 0 Å². The lowest BCUT2D eigenvalue weighted by Crippen LogP contribution is -2.56. The van der Waals surface area contributed by atoms with Crippen LogP contribution in [0.3, 0.4) is 0 Å². The number of nitrogens with zero attached hydrogens (tertiary/aromatic N) is 2. The van der Waals surface area contributed by atoms with Crippen molar-refractivity contribution in [1.29, 1.82) is 0 Å². The molecule has 2 heterocycles. The van der Waals surface area contributed by atoms with E-state index in [1.807, 2.05) is 0 Å². The van der Waals surface area contributed by atoms with Crippen LogP contribution in [0.25, 0.3) is 0 Å². The zero-order valence-corrected chi connectivity index (χ0v) is 11.3. The molecule has 2 heteroatoms. The van der Waals surface area contributed by atoms with Crippen LogP contribution in [0.15, 0.2) is 0 Å². The van der Waals surface area contributed by atoms with Crippen LogP contribution in [-0.2, 0) is 0 Å². The lowest BCUT2D eigenvalue weighted by Gasteiger charge is -2.46. The van der Waals surface area contributed by atoms with E-state index in [9.17, 15) is 0 Å². The highest BCUT2D eigenvalue weighted by atomic mass is 15.3. The Morgan fingerprint density at radius 3 is 2.50 bits per heavy atom. The van der Waals surface area contributed by atoms with E-state index in [-0.39, 0.29) is 0 Å². The predicted octanol–water partition coefficient (Wildman–Crippen LogP) is 2.74. The molecule has 0 N–H and O–H groups in total. The Kier molecular flexibility index (Phi) is 3.91. The van der Waals surface area contributed by atoms with Gasteiger partial charge in [0, 0.05) is 18.1 Å². The number of likely N-dealkylation sites (tertiary alicyclic amines) is 2. The Labute approximate surface area is 101 Å². The van der Waals surface area contributed by atoms with Gasteiger partial charge in [-0.1, -0.05) is 13.3 Å². The summed E-state index contributed by atoms with van der Waals surface area (Å²) in [5, 5.41) is 0. The fourth-order valence-electron chi connectivity index (χ4n) is 3.71. The van der Waals surface area contributed by atoms with Gasteiger partial charge in [0.2, 0.25) is 0 Å². The molecule has 2 fully saturated rings. The van der Waals surface area contributed by atoms with E-state index in [0.29, 0.717) is 5.54 Å². The Morgan fingerprint density at radius 1 is 1.19 bits per heavy atom. The topological polar surface area (TPSA) is 6.48 Å². The van der Waals surface area contributed by atoms with Crippen LogP contribution in [-0.4, -0.2) is 48.1 Å². The SMILES string of the molecule is CCCC(C)N1CCCC2(CCCN2C)C1. The molecule has 1 spiro atoms. The first-order chi connectivity index (χ1) is 7.68. The fourth-order valence-corrected chi connectivity index (χ4v) is 3.71. The second kappa shape index (κ2) is 5.05. The van der Waals surface area contributed by atoms with Gasteiger partial charge in [0.1, 0.15) is 0 Å². The molecule has 94 valence electrons. The monoisotopic (exact) mass is 224 g/mol. The molecule has 0 aromatic carbocycles. The molecule has 0 amide bonds. The van der Waals surface area contributed by atoms with Gasteiger partial charge >= 0.3 is 0 Å². The molecule has 0 bridgehead atoms. The van der Waals surface area contributed by atoms with Crippen molar-refractivity contribution in [3.05, 3.63) is 0 Å². The molecular formula is C14H28N2. The van der Waals surface area contributed by atoms with Crippen molar-refractivity contribution >= 4 is 0 Å². The van der Waals surface area contributed by atoms with Gasteiger partial charge in [-0.05, 0) is 59.2 Å². The molecule has 2 unspecified atom stereocenters. The molecule has 0 aromatic heterocycles. The summed E-state index contributed by atoms with van der Waals surface area (Å²) in [6, 6.07) is 0.788. The van der Waals surface area contributed by atoms with Crippen LogP contribution in [0.2, 0.25) is 0 Å². The quantitative estimate of drug-likeness (QED) is 0.727. The summed E-state index contributed by atoms with van der Waals surface area (Å²) in [5.74, 6) is 0. The predicted molar refractivity (Wildman–Crippen MR) is 69.8 cm³/mol. The zero-order valence-electron chi connectivity index (χ0n) is 11.3. The van der Waals surface area contributed by atoms with Crippen LogP contribution < -0.4 is 0 Å². The summed E-state index contributed by atoms with van der Waals surface area (Å²) in [6.07, 6.45) is 8.35. The highest BCUT2D eigenvalue weighted by Crippen LogP contribution is 2.36. The second-order valence-electron chi connectivity index (χ2n) is 5.96. The van der Waals surface area contributed by atoms with E-state index in [1.165, 1.54) is 58.2 Å². The van der Waals surface area contributed by atoms with Crippen LogP contribution in [0.4, 0.5) is 0 Å². The van der Waals surface area contributed by atoms with Gasteiger partial charge in [-0.25, -0.2) is 0 Å². The molecular weight excluding hydrogens is 196 g/mol. The first kappa shape index (κ1) is 12.4. The molecule has 0 aromatic rings. The van der Waals surface area contributed by atoms with Gasteiger partial charge in [-0.15, -0.1) is 0 Å². The van der Waals surface area contributed by atoms with Crippen LogP contribution in [0.5, 0.6) is 0 Å². The highest BCUT2D eigenvalue weighted by Gasteiger charge is 2.42. The summed E-state index contributed by atoms with van der Waals surface area (Å²) in [5.41, 5.74) is 0.542. The minimum atomic E-state index is 0.542. The molecule has 2 rings (SSSR count). The number of likely N-dealkylation sites (N-methyl/N-ethyl adjacent to an activating group) is 1. The van der Waals surface area contributed by atoms with Crippen molar-refractivity contribution in [3.8, 4) is 0 Å². The largest absolute Gasteiger partial charge is 0.299 e. The third-order valence-electron chi connectivity index (χ3n) is 4.86. The van der Waals surface area contributed by atoms with Crippen molar-refractivity contribution in [2.24, 2.45) is 0 Å². The molecule has 0 saturated carbocycles. The van der Waals surface area contributed by atoms with E-state index in [2.05, 4.69) is 30.7 Å². The number of piperidine rings is 1. The third kappa shape index (κ3) is 2.28. The molecule has 0 aliphatic carbocycles. The van der Waals surface area contributed by atoms with Crippen molar-refractivity contribution in [2.75, 3.05) is 26.7 Å². The van der Waals surface area contributed by atoms with Gasteiger partial charge in [0.05, 0.1) is 0 Å². The van der Waals surface area contributed by atoms with E-state index in [4.69, 9.17) is 0 Å². The summed E-state index contributed by atoms with van der Waals surface area (Å²) in [6.45, 7) is 8.69. The maximum absolute atomic E-state index is 2.74. The Balaban J connectivity index is 1.98. The van der Waals surface area contributed by atoms with Crippen molar-refractivity contribution in [1.82, 2.24) is 9.80 Å². The molecule has 2 saturated heterocycles. The molecule has 2 aliphatic heterocycles. The summed E-state index contributed by atoms with van der Waals surface area (Å²) < 4.78 is 0. The fraction of sp³-hybridized carbons (Fsp3) is 1.00. The summed E-state index contributed by atoms with van der Waals surface area (Å²) >= 11 is 0. The minimum absolute atomic E-state index is 0.542. The number of hydrogen-bond acceptors (Lipinski definition) is 2. The van der Waals surface area contributed by atoms with Gasteiger partial charge in [0.15, 0.2) is 0 Å². The standard InChI is InChI=1S/C14H28N2/c1-4-7-13(2)16-11-6-9-14(12-16)8-5-10-15(14)3/h13H,4-12H2,1-3H3. The maximum Gasteiger partial charge on any atom is 0.0334 e. The van der Waals surface area contributed by atoms with E-state index >= 15 is 0 Å². The average molecular weight is 224 g/mol. The Bertz CT molecular complexity index is 229. The van der Waals surface area contributed by atoms with E-state index < -0.39 is 0 Å². The lowest BCUT2D eigenvalue weighted by molar-refractivity contribution is 0.0359. The van der Waals surface area contributed by atoms with Gasteiger partial charge in [0.25, 0.3) is 0 Å². The van der Waals surface area contributed by atoms with Crippen LogP contribution in [0, 0.1) is 0 Å². The third-order valence-corrected chi connectivity index (χ3v) is 4.86. The normalized spacial score (nSPS) is 34.7. The van der Waals surface area contributed by atoms with Crippen molar-refractivity contribution in [3.63, 3.8) is 0 Å². The van der Waals surface area contributed by atoms with Crippen LogP contribution >= 0.6 is 0 Å². The molecule has 0 radical (unpaired) electrons. The Hall–Kier alpha value is -0.0800. The average Bonchev–Trinajstić information content (AvgIpc) is 2.61. The van der Waals surface area contributed by atoms with E-state index in [0.717, 1.165) is 6.04 Å². The first-order valence-electron chi connectivity index (χ1n) is 7.13. The summed E-state index contributed by atoms with van der Waals surface area (Å²) in [4.78, 5) is 5.38. The van der Waals surface area contributed by atoms with Gasteiger partial charge in [-0.2, -0.15) is 0 Å². The number of rotatable bonds is 3. The first-order valence-corrected chi connectivity index (χ1v) is 7.13. The highest BCUT2D eigenvalue weighted by molar-refractivity contribution is 4.99. The van der Waals surface area contributed by atoms with Gasteiger partial charge < -0.3 is 0 Å². The van der Waals surface area contributed by atoms with Crippen molar-refractivity contribution < 1.29 is 0 Å². The smallest absolute Gasteiger partial charge is 0.0334 e. The molecule has 2 aliphatic rings. The zero-order chi connectivity index (χ0) is 11.6. The Morgan fingerprint density at radius 2 is 1.88 bits per heavy atom. The molecule has 2 nitrogen and oxygen atoms in total. The molecule has 16 heavy (non-hydrogen) atoms.